The van der Waals surface area contributed by atoms with E-state index in [1.165, 1.54) is 19.2 Å². The molecule has 3 N–H and O–H groups in total. The normalized spacial score (nSPS) is 13.3. The van der Waals surface area contributed by atoms with Crippen LogP contribution in [0.15, 0.2) is 40.8 Å². The second-order valence-corrected chi connectivity index (χ2v) is 12.7. The summed E-state index contributed by atoms with van der Waals surface area (Å²) in [5, 5.41) is 11.6. The van der Waals surface area contributed by atoms with Crippen molar-refractivity contribution in [1.29, 1.82) is 0 Å². The predicted molar refractivity (Wildman–Crippen MR) is 132 cm³/mol. The lowest BCUT2D eigenvalue weighted by Gasteiger charge is -2.13. The number of rotatable bonds is 10. The average molecular weight is 576 g/mol. The van der Waals surface area contributed by atoms with E-state index in [1.807, 2.05) is 4.72 Å². The van der Waals surface area contributed by atoms with Crippen molar-refractivity contribution in [3.05, 3.63) is 64.0 Å². The van der Waals surface area contributed by atoms with Gasteiger partial charge in [0, 0.05) is 12.1 Å². The maximum absolute atomic E-state index is 13.8. The van der Waals surface area contributed by atoms with Crippen molar-refractivity contribution in [3.63, 3.8) is 0 Å². The third-order valence-electron chi connectivity index (χ3n) is 4.89. The molecule has 0 saturated heterocycles. The molecule has 0 amide bonds. The summed E-state index contributed by atoms with van der Waals surface area (Å²) in [7, 11) is -6.57. The van der Waals surface area contributed by atoms with Crippen molar-refractivity contribution >= 4 is 53.2 Å². The van der Waals surface area contributed by atoms with Crippen molar-refractivity contribution in [2.45, 2.75) is 17.5 Å². The maximum atomic E-state index is 13.8. The summed E-state index contributed by atoms with van der Waals surface area (Å²) in [4.78, 5) is 4.47. The van der Waals surface area contributed by atoms with E-state index in [-0.39, 0.29) is 35.0 Å². The van der Waals surface area contributed by atoms with Crippen LogP contribution in [0.4, 0.5) is 4.39 Å². The summed E-state index contributed by atoms with van der Waals surface area (Å²) in [6, 6.07) is 9.42. The van der Waals surface area contributed by atoms with Crippen molar-refractivity contribution < 1.29 is 30.4 Å². The number of aromatic nitrogens is 3. The average Bonchev–Trinajstić information content (AvgIpc) is 3.40. The molecule has 4 rings (SSSR count). The summed E-state index contributed by atoms with van der Waals surface area (Å²) < 4.78 is 75.3. The quantitative estimate of drug-likeness (QED) is 0.289. The van der Waals surface area contributed by atoms with Crippen LogP contribution < -0.4 is 9.86 Å². The van der Waals surface area contributed by atoms with Gasteiger partial charge in [-0.3, -0.25) is 0 Å². The molecular formula is C20H19ClFN5O6S3. The maximum Gasteiger partial charge on any atom is 0.274 e. The molecule has 0 spiro atoms. The Bertz CT molecular complexity index is 1600. The Morgan fingerprint density at radius 2 is 1.89 bits per heavy atom. The summed E-state index contributed by atoms with van der Waals surface area (Å²) in [6.45, 7) is -0.563. The third-order valence-corrected chi connectivity index (χ3v) is 8.81. The number of nitrogens with one attached hydrogen (secondary N) is 1. The third kappa shape index (κ3) is 6.42. The second-order valence-electron chi connectivity index (χ2n) is 7.60. The van der Waals surface area contributed by atoms with Crippen LogP contribution in [-0.4, -0.2) is 45.7 Å². The van der Waals surface area contributed by atoms with Crippen LogP contribution >= 0.6 is 22.9 Å². The van der Waals surface area contributed by atoms with E-state index in [4.69, 9.17) is 25.9 Å². The van der Waals surface area contributed by atoms with Gasteiger partial charge >= 0.3 is 0 Å². The molecule has 1 unspecified atom stereocenters. The largest absolute Gasteiger partial charge is 0.423 e. The van der Waals surface area contributed by atoms with Gasteiger partial charge in [0.25, 0.3) is 10.2 Å². The fourth-order valence-electron chi connectivity index (χ4n) is 3.31. The van der Waals surface area contributed by atoms with Crippen LogP contribution in [-0.2, 0) is 37.1 Å². The molecule has 2 aromatic carbocycles. The van der Waals surface area contributed by atoms with Gasteiger partial charge in [0.15, 0.2) is 9.84 Å². The molecule has 16 heteroatoms. The lowest BCUT2D eigenvalue weighted by Crippen LogP contribution is -2.30. The van der Waals surface area contributed by atoms with E-state index in [0.717, 1.165) is 11.3 Å². The first-order chi connectivity index (χ1) is 16.9. The van der Waals surface area contributed by atoms with Crippen LogP contribution in [0.1, 0.15) is 22.0 Å². The van der Waals surface area contributed by atoms with Crippen molar-refractivity contribution in [2.75, 3.05) is 13.7 Å². The first-order valence-corrected chi connectivity index (χ1v) is 14.6. The van der Waals surface area contributed by atoms with Crippen LogP contribution in [0, 0.1) is 5.82 Å². The Hall–Kier alpha value is -2.53. The van der Waals surface area contributed by atoms with Gasteiger partial charge in [0.05, 0.1) is 23.4 Å². The summed E-state index contributed by atoms with van der Waals surface area (Å²) in [5.74, 6) is -1.47. The van der Waals surface area contributed by atoms with E-state index < -0.39 is 36.9 Å². The zero-order valence-electron chi connectivity index (χ0n) is 18.5. The van der Waals surface area contributed by atoms with Crippen molar-refractivity contribution in [2.24, 2.45) is 5.14 Å². The SMILES string of the molecule is COCC(c1nc2ccc(-c3cc(F)cc(Cl)c3)cc2s1)S(=O)(=O)Cc1nnc(CNS(N)(=O)=O)o1. The summed E-state index contributed by atoms with van der Waals surface area (Å²) in [6.07, 6.45) is 0. The minimum absolute atomic E-state index is 0.150. The van der Waals surface area contributed by atoms with Crippen LogP contribution in [0.25, 0.3) is 21.3 Å². The van der Waals surface area contributed by atoms with E-state index in [9.17, 15) is 21.2 Å². The highest BCUT2D eigenvalue weighted by Crippen LogP contribution is 2.35. The Morgan fingerprint density at radius 3 is 2.58 bits per heavy atom. The number of nitrogens with zero attached hydrogens (tertiary/aromatic N) is 3. The van der Waals surface area contributed by atoms with Gasteiger partial charge in [-0.1, -0.05) is 17.7 Å². The second kappa shape index (κ2) is 10.5. The molecule has 2 heterocycles. The van der Waals surface area contributed by atoms with Crippen LogP contribution in [0.5, 0.6) is 0 Å². The Morgan fingerprint density at radius 1 is 1.14 bits per heavy atom. The van der Waals surface area contributed by atoms with Crippen LogP contribution in [0.3, 0.4) is 0 Å². The number of halogens is 2. The molecule has 4 aromatic rings. The molecule has 0 aliphatic carbocycles. The van der Waals surface area contributed by atoms with Gasteiger partial charge in [0.1, 0.15) is 21.8 Å². The first-order valence-electron chi connectivity index (χ1n) is 10.1. The standard InChI is InChI=1S/C20H19ClFN5O6S3/c1-32-9-17(35(28,29)10-19-27-26-18(33-19)8-24-36(23,30)31)20-25-15-3-2-11(6-16(15)34-20)12-4-13(21)7-14(22)5-12/h2-7,17,24H,8-10H2,1H3,(H2,23,30,31). The monoisotopic (exact) mass is 575 g/mol. The van der Waals surface area contributed by atoms with Gasteiger partial charge in [-0.05, 0) is 41.5 Å². The highest BCUT2D eigenvalue weighted by atomic mass is 35.5. The molecule has 36 heavy (non-hydrogen) atoms. The molecule has 2 aromatic heterocycles. The number of nitrogens with two attached hydrogens (primary N) is 1. The molecule has 0 bridgehead atoms. The van der Waals surface area contributed by atoms with E-state index in [1.54, 1.807) is 24.3 Å². The molecule has 0 aliphatic heterocycles. The lowest BCUT2D eigenvalue weighted by molar-refractivity contribution is 0.197. The minimum atomic E-state index is -3.99. The van der Waals surface area contributed by atoms with Gasteiger partial charge < -0.3 is 9.15 Å². The van der Waals surface area contributed by atoms with Crippen LogP contribution in [0.2, 0.25) is 5.02 Å². The molecule has 192 valence electrons. The van der Waals surface area contributed by atoms with Gasteiger partial charge in [0.2, 0.25) is 11.8 Å². The molecule has 0 fully saturated rings. The Labute approximate surface area is 214 Å². The molecule has 0 aliphatic rings. The number of thiazole rings is 1. The van der Waals surface area contributed by atoms with E-state index >= 15 is 0 Å². The first kappa shape index (κ1) is 26.5. The molecule has 0 radical (unpaired) electrons. The van der Waals surface area contributed by atoms with Gasteiger partial charge in [-0.2, -0.15) is 13.1 Å². The highest BCUT2D eigenvalue weighted by molar-refractivity contribution is 7.91. The van der Waals surface area contributed by atoms with Crippen molar-refractivity contribution in [3.8, 4) is 11.1 Å². The van der Waals surface area contributed by atoms with E-state index in [2.05, 4.69) is 15.2 Å². The number of ether oxygens (including phenoxy) is 1. The highest BCUT2D eigenvalue weighted by Gasteiger charge is 2.32. The number of benzene rings is 2. The lowest BCUT2D eigenvalue weighted by atomic mass is 10.1. The van der Waals surface area contributed by atoms with Crippen molar-refractivity contribution in [1.82, 2.24) is 19.9 Å². The van der Waals surface area contributed by atoms with Gasteiger partial charge in [-0.25, -0.2) is 22.9 Å². The number of hydrogen-bond donors (Lipinski definition) is 2. The van der Waals surface area contributed by atoms with Gasteiger partial charge in [-0.15, -0.1) is 21.5 Å². The number of fused-ring (bicyclic) bond motifs is 1. The molecule has 1 atom stereocenters. The van der Waals surface area contributed by atoms with E-state index in [0.29, 0.717) is 21.3 Å². The topological polar surface area (TPSA) is 167 Å². The molecular weight excluding hydrogens is 557 g/mol. The number of methoxy groups -OCH3 is 1. The zero-order chi connectivity index (χ0) is 26.1. The predicted octanol–water partition coefficient (Wildman–Crippen LogP) is 2.73. The Kier molecular flexibility index (Phi) is 7.70. The zero-order valence-corrected chi connectivity index (χ0v) is 21.7. The minimum Gasteiger partial charge on any atom is -0.423 e. The summed E-state index contributed by atoms with van der Waals surface area (Å²) >= 11 is 7.13. The smallest absolute Gasteiger partial charge is 0.274 e. The number of sulfone groups is 1. The molecule has 11 nitrogen and oxygen atoms in total. The Balaban J connectivity index is 1.60. The molecule has 0 saturated carbocycles. The fraction of sp³-hybridized carbons (Fsp3) is 0.250. The number of hydrogen-bond acceptors (Lipinski definition) is 10. The fourth-order valence-corrected chi connectivity index (χ4v) is 6.78. The summed E-state index contributed by atoms with van der Waals surface area (Å²) in [5.41, 5.74) is 1.82.